The minimum Gasteiger partial charge on any atom is -0.356 e. The van der Waals surface area contributed by atoms with Crippen LogP contribution >= 0.6 is 0 Å². The van der Waals surface area contributed by atoms with Crippen LogP contribution in [0.25, 0.3) is 11.0 Å². The van der Waals surface area contributed by atoms with Gasteiger partial charge in [0.1, 0.15) is 5.82 Å². The Morgan fingerprint density at radius 1 is 1.07 bits per heavy atom. The summed E-state index contributed by atoms with van der Waals surface area (Å²) in [6, 6.07) is 15.8. The van der Waals surface area contributed by atoms with Gasteiger partial charge in [-0.15, -0.1) is 0 Å². The van der Waals surface area contributed by atoms with E-state index in [1.165, 1.54) is 0 Å². The lowest BCUT2D eigenvalue weighted by Crippen LogP contribution is -2.38. The van der Waals surface area contributed by atoms with Crippen LogP contribution in [0.4, 0.5) is 0 Å². The molecule has 0 aliphatic heterocycles. The predicted octanol–water partition coefficient (Wildman–Crippen LogP) is 2.61. The van der Waals surface area contributed by atoms with Crippen molar-refractivity contribution in [2.75, 3.05) is 34.2 Å². The first-order valence-electron chi connectivity index (χ1n) is 10.3. The Bertz CT molecular complexity index is 975. The Kier molecular flexibility index (Phi) is 7.43. The number of H-pyrrole nitrogens is 1. The second-order valence-electron chi connectivity index (χ2n) is 7.38. The van der Waals surface area contributed by atoms with Crippen LogP contribution in [0, 0.1) is 0 Å². The van der Waals surface area contributed by atoms with Gasteiger partial charge in [0.2, 0.25) is 0 Å². The number of fused-ring (bicyclic) bond motifs is 1. The van der Waals surface area contributed by atoms with Crippen molar-refractivity contribution >= 4 is 22.9 Å². The van der Waals surface area contributed by atoms with Crippen molar-refractivity contribution in [3.05, 3.63) is 65.5 Å². The topological polar surface area (TPSA) is 85.4 Å². The molecule has 3 rings (SSSR count). The van der Waals surface area contributed by atoms with Gasteiger partial charge in [-0.2, -0.15) is 0 Å². The highest BCUT2D eigenvalue weighted by Crippen LogP contribution is 2.11. The van der Waals surface area contributed by atoms with E-state index < -0.39 is 0 Å². The standard InChI is InChI=1S/C23H30N6O/c1-24-23(25-14-7-12-21-27-19-10-4-5-11-20(19)28-21)26-15-13-17-8-6-9-18(16-17)22(30)29(2)3/h4-6,8-11,16H,7,12-15H2,1-3H3,(H,27,28)(H2,24,25,26). The van der Waals surface area contributed by atoms with E-state index in [1.807, 2.05) is 48.5 Å². The molecule has 30 heavy (non-hydrogen) atoms. The molecule has 7 heteroatoms. The molecule has 1 aromatic heterocycles. The van der Waals surface area contributed by atoms with Crippen LogP contribution in [0.2, 0.25) is 0 Å². The van der Waals surface area contributed by atoms with E-state index in [9.17, 15) is 4.79 Å². The SMILES string of the molecule is CN=C(NCCCc1nc2ccccc2[nH]1)NCCc1cccc(C(=O)N(C)C)c1. The number of nitrogens with zero attached hydrogens (tertiary/aromatic N) is 3. The molecule has 0 saturated heterocycles. The van der Waals surface area contributed by atoms with Crippen molar-refractivity contribution in [1.82, 2.24) is 25.5 Å². The Hall–Kier alpha value is -3.35. The summed E-state index contributed by atoms with van der Waals surface area (Å²) in [6.45, 7) is 1.55. The molecule has 2 aromatic carbocycles. The molecular weight excluding hydrogens is 376 g/mol. The largest absolute Gasteiger partial charge is 0.356 e. The van der Waals surface area contributed by atoms with Crippen LogP contribution in [0.3, 0.4) is 0 Å². The molecule has 0 spiro atoms. The van der Waals surface area contributed by atoms with E-state index in [4.69, 9.17) is 0 Å². The van der Waals surface area contributed by atoms with Crippen LogP contribution in [0.1, 0.15) is 28.2 Å². The number of nitrogens with one attached hydrogen (secondary N) is 3. The molecule has 0 radical (unpaired) electrons. The number of carbonyl (C=O) groups is 1. The lowest BCUT2D eigenvalue weighted by atomic mass is 10.1. The zero-order valence-corrected chi connectivity index (χ0v) is 17.9. The van der Waals surface area contributed by atoms with Crippen LogP contribution < -0.4 is 10.6 Å². The molecule has 3 N–H and O–H groups in total. The molecule has 0 saturated carbocycles. The van der Waals surface area contributed by atoms with Crippen molar-refractivity contribution in [3.8, 4) is 0 Å². The van der Waals surface area contributed by atoms with Crippen LogP contribution in [0.15, 0.2) is 53.5 Å². The minimum atomic E-state index is 0.0201. The van der Waals surface area contributed by atoms with Gasteiger partial charge >= 0.3 is 0 Å². The van der Waals surface area contributed by atoms with Gasteiger partial charge in [-0.1, -0.05) is 24.3 Å². The number of aryl methyl sites for hydroxylation is 1. The normalized spacial score (nSPS) is 11.5. The number of carbonyl (C=O) groups excluding carboxylic acids is 1. The number of aromatic amines is 1. The van der Waals surface area contributed by atoms with Gasteiger partial charge in [-0.25, -0.2) is 4.98 Å². The van der Waals surface area contributed by atoms with Crippen molar-refractivity contribution in [2.24, 2.45) is 4.99 Å². The van der Waals surface area contributed by atoms with Gasteiger partial charge in [-0.3, -0.25) is 9.79 Å². The predicted molar refractivity (Wildman–Crippen MR) is 122 cm³/mol. The maximum Gasteiger partial charge on any atom is 0.253 e. The summed E-state index contributed by atoms with van der Waals surface area (Å²) < 4.78 is 0. The molecule has 0 bridgehead atoms. The average molecular weight is 407 g/mol. The van der Waals surface area contributed by atoms with Gasteiger partial charge < -0.3 is 20.5 Å². The zero-order valence-electron chi connectivity index (χ0n) is 17.9. The molecule has 0 unspecified atom stereocenters. The number of aliphatic imine (C=N–C) groups is 1. The Labute approximate surface area is 177 Å². The quantitative estimate of drug-likeness (QED) is 0.305. The number of benzene rings is 2. The number of hydrogen-bond acceptors (Lipinski definition) is 3. The summed E-state index contributed by atoms with van der Waals surface area (Å²) in [5.41, 5.74) is 3.92. The number of guanidine groups is 1. The first kappa shape index (κ1) is 21.4. The third kappa shape index (κ3) is 5.83. The molecular formula is C23H30N6O. The Balaban J connectivity index is 1.39. The van der Waals surface area contributed by atoms with Crippen LogP contribution in [0.5, 0.6) is 0 Å². The van der Waals surface area contributed by atoms with Crippen molar-refractivity contribution in [1.29, 1.82) is 0 Å². The lowest BCUT2D eigenvalue weighted by Gasteiger charge is -2.13. The molecule has 3 aromatic rings. The Morgan fingerprint density at radius 3 is 2.63 bits per heavy atom. The van der Waals surface area contributed by atoms with E-state index in [1.54, 1.807) is 26.0 Å². The molecule has 0 aliphatic rings. The molecule has 0 atom stereocenters. The molecule has 0 aliphatic carbocycles. The van der Waals surface area contributed by atoms with Gasteiger partial charge in [0, 0.05) is 46.2 Å². The van der Waals surface area contributed by atoms with Gasteiger partial charge in [0.15, 0.2) is 5.96 Å². The van der Waals surface area contributed by atoms with E-state index in [0.717, 1.165) is 60.7 Å². The molecule has 0 fully saturated rings. The number of amides is 1. The first-order valence-corrected chi connectivity index (χ1v) is 10.3. The minimum absolute atomic E-state index is 0.0201. The maximum absolute atomic E-state index is 12.1. The fourth-order valence-corrected chi connectivity index (χ4v) is 3.25. The fourth-order valence-electron chi connectivity index (χ4n) is 3.25. The number of imidazole rings is 1. The summed E-state index contributed by atoms with van der Waals surface area (Å²) >= 11 is 0. The number of aromatic nitrogens is 2. The van der Waals surface area contributed by atoms with Gasteiger partial charge in [-0.05, 0) is 42.7 Å². The summed E-state index contributed by atoms with van der Waals surface area (Å²) in [5, 5.41) is 6.67. The second kappa shape index (κ2) is 10.4. The highest BCUT2D eigenvalue weighted by molar-refractivity contribution is 5.94. The van der Waals surface area contributed by atoms with Gasteiger partial charge in [0.25, 0.3) is 5.91 Å². The molecule has 1 heterocycles. The maximum atomic E-state index is 12.1. The summed E-state index contributed by atoms with van der Waals surface area (Å²) in [4.78, 5) is 25.9. The van der Waals surface area contributed by atoms with E-state index in [2.05, 4.69) is 25.6 Å². The van der Waals surface area contributed by atoms with Crippen molar-refractivity contribution in [2.45, 2.75) is 19.3 Å². The third-order valence-electron chi connectivity index (χ3n) is 4.83. The monoisotopic (exact) mass is 406 g/mol. The highest BCUT2D eigenvalue weighted by Gasteiger charge is 2.08. The summed E-state index contributed by atoms with van der Waals surface area (Å²) in [5.74, 6) is 1.81. The van der Waals surface area contributed by atoms with E-state index in [0.29, 0.717) is 5.56 Å². The van der Waals surface area contributed by atoms with E-state index in [-0.39, 0.29) is 5.91 Å². The summed E-state index contributed by atoms with van der Waals surface area (Å²) in [6.07, 6.45) is 2.65. The molecule has 158 valence electrons. The smallest absolute Gasteiger partial charge is 0.253 e. The molecule has 7 nitrogen and oxygen atoms in total. The second-order valence-corrected chi connectivity index (χ2v) is 7.38. The van der Waals surface area contributed by atoms with Crippen LogP contribution in [-0.2, 0) is 12.8 Å². The molecule has 1 amide bonds. The van der Waals surface area contributed by atoms with Gasteiger partial charge in [0.05, 0.1) is 11.0 Å². The highest BCUT2D eigenvalue weighted by atomic mass is 16.2. The fraction of sp³-hybridized carbons (Fsp3) is 0.348. The Morgan fingerprint density at radius 2 is 1.87 bits per heavy atom. The third-order valence-corrected chi connectivity index (χ3v) is 4.83. The first-order chi connectivity index (χ1) is 14.6. The number of para-hydroxylation sites is 2. The zero-order chi connectivity index (χ0) is 21.3. The van der Waals surface area contributed by atoms with Crippen molar-refractivity contribution in [3.63, 3.8) is 0 Å². The average Bonchev–Trinajstić information content (AvgIpc) is 3.18. The van der Waals surface area contributed by atoms with Crippen molar-refractivity contribution < 1.29 is 4.79 Å². The van der Waals surface area contributed by atoms with E-state index >= 15 is 0 Å². The van der Waals surface area contributed by atoms with Crippen LogP contribution in [-0.4, -0.2) is 61.0 Å². The number of hydrogen-bond donors (Lipinski definition) is 3. The number of rotatable bonds is 8. The summed E-state index contributed by atoms with van der Waals surface area (Å²) in [7, 11) is 5.30. The lowest BCUT2D eigenvalue weighted by molar-refractivity contribution is 0.0827.